The van der Waals surface area contributed by atoms with Gasteiger partial charge in [-0.1, -0.05) is 13.8 Å². The summed E-state index contributed by atoms with van der Waals surface area (Å²) in [5.74, 6) is -2.47. The molecule has 0 atom stereocenters. The third-order valence-electron chi connectivity index (χ3n) is 2.57. The van der Waals surface area contributed by atoms with Crippen LogP contribution in [-0.2, 0) is 9.53 Å². The fraction of sp³-hybridized carbons (Fsp3) is 0.800. The standard InChI is InChI=1S/C10H14F3NO3/c1-9(2)4-3-5-14(6-9)8(16)17-7(15)10(11,12)13/h3-6H2,1-2H3. The van der Waals surface area contributed by atoms with Gasteiger partial charge in [0.2, 0.25) is 0 Å². The Kier molecular flexibility index (Phi) is 3.68. The Morgan fingerprint density at radius 3 is 2.35 bits per heavy atom. The molecule has 4 nitrogen and oxygen atoms in total. The quantitative estimate of drug-likeness (QED) is 0.491. The minimum absolute atomic E-state index is 0.168. The van der Waals surface area contributed by atoms with E-state index < -0.39 is 18.2 Å². The average molecular weight is 253 g/mol. The maximum absolute atomic E-state index is 11.9. The molecule has 0 aliphatic carbocycles. The zero-order chi connectivity index (χ0) is 13.3. The van der Waals surface area contributed by atoms with Gasteiger partial charge in [0.05, 0.1) is 0 Å². The van der Waals surface area contributed by atoms with Crippen LogP contribution in [0.1, 0.15) is 26.7 Å². The molecule has 1 amide bonds. The summed E-state index contributed by atoms with van der Waals surface area (Å²) in [5.41, 5.74) is -0.168. The lowest BCUT2D eigenvalue weighted by atomic mass is 9.84. The van der Waals surface area contributed by atoms with Crippen LogP contribution in [0.3, 0.4) is 0 Å². The summed E-state index contributed by atoms with van der Waals surface area (Å²) in [5, 5.41) is 0. The van der Waals surface area contributed by atoms with Gasteiger partial charge in [-0.25, -0.2) is 9.59 Å². The van der Waals surface area contributed by atoms with E-state index in [0.29, 0.717) is 13.0 Å². The molecule has 0 aromatic rings. The number of hydrogen-bond donors (Lipinski definition) is 0. The Morgan fingerprint density at radius 2 is 1.88 bits per heavy atom. The first-order chi connectivity index (χ1) is 7.62. The van der Waals surface area contributed by atoms with Gasteiger partial charge in [-0.3, -0.25) is 0 Å². The average Bonchev–Trinajstić information content (AvgIpc) is 2.14. The number of likely N-dealkylation sites (tertiary alicyclic amines) is 1. The Labute approximate surface area is 96.7 Å². The van der Waals surface area contributed by atoms with Crippen LogP contribution in [0.25, 0.3) is 0 Å². The predicted molar refractivity (Wildman–Crippen MR) is 52.1 cm³/mol. The van der Waals surface area contributed by atoms with E-state index in [4.69, 9.17) is 0 Å². The van der Waals surface area contributed by atoms with Crippen LogP contribution in [0, 0.1) is 5.41 Å². The highest BCUT2D eigenvalue weighted by molar-refractivity contribution is 5.87. The van der Waals surface area contributed by atoms with E-state index in [1.165, 1.54) is 0 Å². The van der Waals surface area contributed by atoms with Crippen molar-refractivity contribution in [1.82, 2.24) is 4.90 Å². The van der Waals surface area contributed by atoms with Crippen LogP contribution in [0.5, 0.6) is 0 Å². The summed E-state index contributed by atoms with van der Waals surface area (Å²) in [6.45, 7) is 4.40. The van der Waals surface area contributed by atoms with Crippen LogP contribution in [-0.4, -0.2) is 36.2 Å². The van der Waals surface area contributed by atoms with Crippen LogP contribution in [0.15, 0.2) is 0 Å². The highest BCUT2D eigenvalue weighted by Crippen LogP contribution is 2.29. The third-order valence-corrected chi connectivity index (χ3v) is 2.57. The molecular formula is C10H14F3NO3. The van der Waals surface area contributed by atoms with Crippen molar-refractivity contribution in [3.05, 3.63) is 0 Å². The summed E-state index contributed by atoms with van der Waals surface area (Å²) in [4.78, 5) is 22.9. The molecule has 0 saturated carbocycles. The maximum Gasteiger partial charge on any atom is 0.491 e. The Bertz CT molecular complexity index is 325. The summed E-state index contributed by atoms with van der Waals surface area (Å²) in [6, 6.07) is 0. The molecule has 0 spiro atoms. The molecule has 1 rings (SSSR count). The molecule has 7 heteroatoms. The molecule has 1 aliphatic rings. The zero-order valence-electron chi connectivity index (χ0n) is 9.63. The monoisotopic (exact) mass is 253 g/mol. The van der Waals surface area contributed by atoms with Crippen molar-refractivity contribution < 1.29 is 27.5 Å². The van der Waals surface area contributed by atoms with Gasteiger partial charge in [-0.15, -0.1) is 0 Å². The molecule has 1 saturated heterocycles. The van der Waals surface area contributed by atoms with Gasteiger partial charge in [0.1, 0.15) is 0 Å². The lowest BCUT2D eigenvalue weighted by molar-refractivity contribution is -0.194. The fourth-order valence-corrected chi connectivity index (χ4v) is 1.78. The number of esters is 1. The number of carbonyl (C=O) groups is 2. The van der Waals surface area contributed by atoms with Crippen LogP contribution in [0.2, 0.25) is 0 Å². The number of ether oxygens (including phenoxy) is 1. The molecule has 0 N–H and O–H groups in total. The van der Waals surface area contributed by atoms with Crippen molar-refractivity contribution in [3.63, 3.8) is 0 Å². The van der Waals surface area contributed by atoms with Crippen molar-refractivity contribution >= 4 is 12.1 Å². The van der Waals surface area contributed by atoms with Crippen molar-refractivity contribution in [2.45, 2.75) is 32.9 Å². The Morgan fingerprint density at radius 1 is 1.29 bits per heavy atom. The first kappa shape index (κ1) is 13.8. The number of hydrogen-bond acceptors (Lipinski definition) is 3. The lowest BCUT2D eigenvalue weighted by Gasteiger charge is -2.37. The van der Waals surface area contributed by atoms with Gasteiger partial charge in [0.15, 0.2) is 0 Å². The summed E-state index contributed by atoms with van der Waals surface area (Å²) in [6.07, 6.45) is -4.80. The first-order valence-corrected chi connectivity index (χ1v) is 5.20. The minimum atomic E-state index is -5.14. The van der Waals surface area contributed by atoms with E-state index in [9.17, 15) is 22.8 Å². The van der Waals surface area contributed by atoms with Crippen LogP contribution < -0.4 is 0 Å². The largest absolute Gasteiger partial charge is 0.491 e. The Hall–Kier alpha value is -1.27. The summed E-state index contributed by atoms with van der Waals surface area (Å²) < 4.78 is 39.4. The van der Waals surface area contributed by atoms with E-state index in [0.717, 1.165) is 11.3 Å². The van der Waals surface area contributed by atoms with Gasteiger partial charge in [-0.2, -0.15) is 13.2 Å². The second-order valence-corrected chi connectivity index (χ2v) is 4.84. The number of alkyl halides is 3. The van der Waals surface area contributed by atoms with E-state index in [-0.39, 0.29) is 12.0 Å². The number of halogens is 3. The number of amides is 1. The van der Waals surface area contributed by atoms with Gasteiger partial charge >= 0.3 is 18.2 Å². The topological polar surface area (TPSA) is 46.6 Å². The molecular weight excluding hydrogens is 239 g/mol. The second kappa shape index (κ2) is 4.54. The van der Waals surface area contributed by atoms with Gasteiger partial charge < -0.3 is 9.64 Å². The van der Waals surface area contributed by atoms with E-state index in [1.807, 2.05) is 13.8 Å². The molecule has 0 unspecified atom stereocenters. The Balaban J connectivity index is 2.57. The first-order valence-electron chi connectivity index (χ1n) is 5.20. The number of rotatable bonds is 0. The van der Waals surface area contributed by atoms with Gasteiger partial charge in [-0.05, 0) is 18.3 Å². The molecule has 1 heterocycles. The van der Waals surface area contributed by atoms with E-state index in [2.05, 4.69) is 4.74 Å². The van der Waals surface area contributed by atoms with Gasteiger partial charge in [0.25, 0.3) is 0 Å². The lowest BCUT2D eigenvalue weighted by Crippen LogP contribution is -2.45. The van der Waals surface area contributed by atoms with Crippen molar-refractivity contribution in [2.75, 3.05) is 13.1 Å². The molecule has 1 aliphatic heterocycles. The highest BCUT2D eigenvalue weighted by atomic mass is 19.4. The highest BCUT2D eigenvalue weighted by Gasteiger charge is 2.43. The van der Waals surface area contributed by atoms with Crippen LogP contribution >= 0.6 is 0 Å². The summed E-state index contributed by atoms with van der Waals surface area (Å²) >= 11 is 0. The van der Waals surface area contributed by atoms with Crippen molar-refractivity contribution in [1.29, 1.82) is 0 Å². The van der Waals surface area contributed by atoms with Crippen LogP contribution in [0.4, 0.5) is 18.0 Å². The van der Waals surface area contributed by atoms with E-state index >= 15 is 0 Å². The fourth-order valence-electron chi connectivity index (χ4n) is 1.78. The molecule has 0 bridgehead atoms. The van der Waals surface area contributed by atoms with Gasteiger partial charge in [0, 0.05) is 13.1 Å². The minimum Gasteiger partial charge on any atom is -0.369 e. The second-order valence-electron chi connectivity index (χ2n) is 4.84. The zero-order valence-corrected chi connectivity index (χ0v) is 9.63. The molecule has 1 fully saturated rings. The number of carbonyl (C=O) groups excluding carboxylic acids is 2. The normalized spacial score (nSPS) is 19.9. The maximum atomic E-state index is 11.9. The number of piperidine rings is 1. The summed E-state index contributed by atoms with van der Waals surface area (Å²) in [7, 11) is 0. The molecule has 17 heavy (non-hydrogen) atoms. The molecule has 0 aromatic carbocycles. The van der Waals surface area contributed by atoms with E-state index in [1.54, 1.807) is 0 Å². The predicted octanol–water partition coefficient (Wildman–Crippen LogP) is 2.33. The molecule has 0 radical (unpaired) electrons. The molecule has 98 valence electrons. The van der Waals surface area contributed by atoms with Crippen molar-refractivity contribution in [2.24, 2.45) is 5.41 Å². The van der Waals surface area contributed by atoms with Crippen molar-refractivity contribution in [3.8, 4) is 0 Å². The number of nitrogens with zero attached hydrogens (tertiary/aromatic N) is 1. The molecule has 0 aromatic heterocycles. The third kappa shape index (κ3) is 3.90. The SMILES string of the molecule is CC1(C)CCCN(C(=O)OC(=O)C(F)(F)F)C1. The smallest absolute Gasteiger partial charge is 0.369 e.